The number of para-hydroxylation sites is 1. The summed E-state index contributed by atoms with van der Waals surface area (Å²) in [7, 11) is 1.52. The monoisotopic (exact) mass is 897 g/mol. The molecule has 4 N–H and O–H groups in total. The number of carbonyl (C=O) groups is 4. The molecule has 0 fully saturated rings. The van der Waals surface area contributed by atoms with E-state index in [4.69, 9.17) is 21.1 Å². The van der Waals surface area contributed by atoms with Gasteiger partial charge in [-0.15, -0.1) is 0 Å². The predicted molar refractivity (Wildman–Crippen MR) is 252 cm³/mol. The predicted octanol–water partition coefficient (Wildman–Crippen LogP) is 7.33. The van der Waals surface area contributed by atoms with Crippen molar-refractivity contribution in [2.75, 3.05) is 26.8 Å². The van der Waals surface area contributed by atoms with Crippen LogP contribution in [0.15, 0.2) is 152 Å². The zero-order valence-electron chi connectivity index (χ0n) is 37.1. The van der Waals surface area contributed by atoms with Crippen LogP contribution in [0.2, 0.25) is 5.02 Å². The van der Waals surface area contributed by atoms with Crippen LogP contribution in [-0.4, -0.2) is 83.8 Å². The van der Waals surface area contributed by atoms with E-state index in [1.165, 1.54) is 12.1 Å². The Hall–Kier alpha value is -6.64. The number of halogens is 1. The van der Waals surface area contributed by atoms with E-state index in [-0.39, 0.29) is 19.6 Å². The Morgan fingerprint density at radius 2 is 1.29 bits per heavy atom. The van der Waals surface area contributed by atoms with Crippen molar-refractivity contribution in [3.05, 3.63) is 185 Å². The van der Waals surface area contributed by atoms with Crippen LogP contribution in [0.3, 0.4) is 0 Å². The number of ether oxygens (including phenoxy) is 2. The van der Waals surface area contributed by atoms with Gasteiger partial charge in [0.1, 0.15) is 11.6 Å². The van der Waals surface area contributed by atoms with Crippen LogP contribution in [-0.2, 0) is 42.5 Å². The van der Waals surface area contributed by atoms with Crippen LogP contribution in [0.25, 0.3) is 10.9 Å². The maximum atomic E-state index is 15.4. The van der Waals surface area contributed by atoms with E-state index in [9.17, 15) is 14.4 Å². The summed E-state index contributed by atoms with van der Waals surface area (Å²) in [5.74, 6) is -1.69. The molecule has 6 aromatic rings. The second-order valence-corrected chi connectivity index (χ2v) is 15.9. The van der Waals surface area contributed by atoms with Gasteiger partial charge in [-0.25, -0.2) is 9.80 Å². The highest BCUT2D eigenvalue weighted by molar-refractivity contribution is 6.30. The Balaban J connectivity index is 1.34. The molecule has 0 aliphatic rings. The number of hydrogen-bond donors (Lipinski definition) is 4. The molecule has 14 heteroatoms. The van der Waals surface area contributed by atoms with Gasteiger partial charge in [-0.05, 0) is 66.8 Å². The molecule has 0 radical (unpaired) electrons. The summed E-state index contributed by atoms with van der Waals surface area (Å²) in [4.78, 5) is 63.5. The van der Waals surface area contributed by atoms with Crippen molar-refractivity contribution in [1.82, 2.24) is 36.3 Å². The summed E-state index contributed by atoms with van der Waals surface area (Å²) in [6, 6.07) is 42.8. The molecule has 0 saturated carbocycles. The number of nitrogens with zero attached hydrogens (tertiary/aromatic N) is 3. The lowest BCUT2D eigenvalue weighted by Crippen LogP contribution is -2.58. The fourth-order valence-electron chi connectivity index (χ4n) is 7.82. The Morgan fingerprint density at radius 3 is 1.86 bits per heavy atom. The fraction of sp³-hybridized carbons (Fsp3) is 0.275. The smallest absolute Gasteiger partial charge is 0.329 e. The van der Waals surface area contributed by atoms with E-state index in [0.29, 0.717) is 23.8 Å². The van der Waals surface area contributed by atoms with Gasteiger partial charge in [-0.2, -0.15) is 0 Å². The third kappa shape index (κ3) is 12.5. The van der Waals surface area contributed by atoms with Crippen molar-refractivity contribution in [2.24, 2.45) is 0 Å². The minimum Gasteiger partial charge on any atom is -0.351 e. The average molecular weight is 899 g/mol. The summed E-state index contributed by atoms with van der Waals surface area (Å²) in [6.45, 7) is 6.03. The fourth-order valence-corrected chi connectivity index (χ4v) is 7.95. The lowest BCUT2D eigenvalue weighted by molar-refractivity contribution is -0.180. The number of carbonyl (C=O) groups excluding carboxylic acids is 4. The van der Waals surface area contributed by atoms with Crippen LogP contribution < -0.4 is 21.4 Å². The molecular weight excluding hydrogens is 842 g/mol. The quantitative estimate of drug-likeness (QED) is 0.0333. The van der Waals surface area contributed by atoms with Gasteiger partial charge in [-0.1, -0.05) is 139 Å². The van der Waals surface area contributed by atoms with Gasteiger partial charge in [0.25, 0.3) is 0 Å². The molecule has 0 bridgehead atoms. The first-order chi connectivity index (χ1) is 31.5. The molecular formula is C51H56ClN7O6. The minimum absolute atomic E-state index is 0.0518. The van der Waals surface area contributed by atoms with E-state index < -0.39 is 54.1 Å². The van der Waals surface area contributed by atoms with Crippen LogP contribution in [0.1, 0.15) is 55.0 Å². The number of hydrogen-bond acceptors (Lipinski definition) is 8. The molecule has 5 amide bonds. The van der Waals surface area contributed by atoms with Crippen molar-refractivity contribution in [3.8, 4) is 0 Å². The molecule has 1 aromatic heterocycles. The van der Waals surface area contributed by atoms with Crippen molar-refractivity contribution in [1.29, 1.82) is 0 Å². The number of benzene rings is 5. The number of hydrazine groups is 1. The number of rotatable bonds is 21. The highest BCUT2D eigenvalue weighted by Crippen LogP contribution is 2.37. The molecule has 0 aliphatic heterocycles. The molecule has 5 aromatic carbocycles. The second-order valence-electron chi connectivity index (χ2n) is 15.5. The first-order valence-corrected chi connectivity index (χ1v) is 22.0. The van der Waals surface area contributed by atoms with Gasteiger partial charge in [0, 0.05) is 50.0 Å². The normalized spacial score (nSPS) is 12.4. The molecule has 2 atom stereocenters. The zero-order valence-corrected chi connectivity index (χ0v) is 37.8. The van der Waals surface area contributed by atoms with Crippen molar-refractivity contribution >= 4 is 46.3 Å². The summed E-state index contributed by atoms with van der Waals surface area (Å²) >= 11 is 6.00. The van der Waals surface area contributed by atoms with Gasteiger partial charge in [0.2, 0.25) is 17.7 Å². The van der Waals surface area contributed by atoms with E-state index in [1.54, 1.807) is 35.4 Å². The van der Waals surface area contributed by atoms with E-state index in [2.05, 4.69) is 26.4 Å². The lowest BCUT2D eigenvalue weighted by Gasteiger charge is -2.38. The van der Waals surface area contributed by atoms with Crippen LogP contribution in [0.5, 0.6) is 0 Å². The van der Waals surface area contributed by atoms with Crippen LogP contribution in [0, 0.1) is 0 Å². The maximum absolute atomic E-state index is 15.4. The zero-order chi connectivity index (χ0) is 46.2. The Kier molecular flexibility index (Phi) is 17.2. The van der Waals surface area contributed by atoms with Crippen molar-refractivity contribution < 1.29 is 28.7 Å². The second kappa shape index (κ2) is 23.3. The Morgan fingerprint density at radius 1 is 0.723 bits per heavy atom. The van der Waals surface area contributed by atoms with Crippen molar-refractivity contribution in [3.63, 3.8) is 0 Å². The summed E-state index contributed by atoms with van der Waals surface area (Å²) in [6.07, 6.45) is 0.396. The molecule has 0 saturated heterocycles. The summed E-state index contributed by atoms with van der Waals surface area (Å²) in [5.41, 5.74) is 6.07. The van der Waals surface area contributed by atoms with Gasteiger partial charge in [0.15, 0.2) is 6.29 Å². The van der Waals surface area contributed by atoms with E-state index >= 15 is 4.79 Å². The number of pyridine rings is 1. The largest absolute Gasteiger partial charge is 0.351 e. The molecule has 0 aliphatic carbocycles. The summed E-state index contributed by atoms with van der Waals surface area (Å²) < 4.78 is 12.1. The summed E-state index contributed by atoms with van der Waals surface area (Å²) in [5, 5.41) is 11.7. The standard InChI is InChI=1S/C51H56ClN7O6/c1-5-64-49(65-6-2)36(3)59(34-39-19-16-18-38-20-17-31-53-47(38)39)48(62)44(55-46(61)35-58(4)57-50(63)54-33-37-27-29-43(52)30-28-37)32-45(60)56-51(40-21-10-7-11-22-40,41-23-12-8-13-24-41)42-25-14-9-15-26-42/h7-31,36,44,49H,5-6,32-35H2,1-4H3,(H,55,61)(H,56,60)(H2,54,57,63)/t36-,44-/m0/s1. The number of fused-ring (bicyclic) bond motifs is 1. The lowest BCUT2D eigenvalue weighted by atomic mass is 9.77. The Labute approximate surface area is 385 Å². The molecule has 0 spiro atoms. The van der Waals surface area contributed by atoms with Crippen molar-refractivity contribution in [2.45, 2.75) is 64.2 Å². The first kappa shape index (κ1) is 47.8. The van der Waals surface area contributed by atoms with Crippen LogP contribution >= 0.6 is 11.6 Å². The van der Waals surface area contributed by atoms with E-state index in [1.807, 2.05) is 142 Å². The Bertz CT molecular complexity index is 2370. The molecule has 6 rings (SSSR count). The third-order valence-corrected chi connectivity index (χ3v) is 11.1. The average Bonchev–Trinajstić information content (AvgIpc) is 3.32. The van der Waals surface area contributed by atoms with Crippen LogP contribution in [0.4, 0.5) is 4.79 Å². The third-order valence-electron chi connectivity index (χ3n) is 10.9. The number of likely N-dealkylation sites (N-methyl/N-ethyl adjacent to an activating group) is 1. The molecule has 65 heavy (non-hydrogen) atoms. The minimum atomic E-state index is -1.40. The van der Waals surface area contributed by atoms with Gasteiger partial charge in [0.05, 0.1) is 24.5 Å². The SMILES string of the molecule is CCOC(OCC)[C@H](C)N(Cc1cccc2cccnc12)C(=O)[C@H](CC(=O)NC(c1ccccc1)(c1ccccc1)c1ccccc1)NC(=O)CN(C)NC(=O)NCc1ccc(Cl)cc1. The topological polar surface area (TPSA) is 154 Å². The highest BCUT2D eigenvalue weighted by atomic mass is 35.5. The number of amides is 5. The van der Waals surface area contributed by atoms with Gasteiger partial charge >= 0.3 is 6.03 Å². The number of nitrogens with one attached hydrogen (secondary N) is 4. The van der Waals surface area contributed by atoms with Gasteiger partial charge in [-0.3, -0.25) is 24.8 Å². The number of urea groups is 1. The molecule has 1 heterocycles. The molecule has 338 valence electrons. The number of aromatic nitrogens is 1. The first-order valence-electron chi connectivity index (χ1n) is 21.7. The van der Waals surface area contributed by atoms with E-state index in [0.717, 1.165) is 33.2 Å². The van der Waals surface area contributed by atoms with Gasteiger partial charge < -0.3 is 30.3 Å². The highest BCUT2D eigenvalue weighted by Gasteiger charge is 2.40. The molecule has 13 nitrogen and oxygen atoms in total. The molecule has 0 unspecified atom stereocenters. The maximum Gasteiger partial charge on any atom is 0.329 e.